The van der Waals surface area contributed by atoms with Crippen LogP contribution in [0.3, 0.4) is 0 Å². The third-order valence-corrected chi connectivity index (χ3v) is 2.21. The van der Waals surface area contributed by atoms with E-state index in [4.69, 9.17) is 9.47 Å². The average molecular weight is 207 g/mol. The van der Waals surface area contributed by atoms with E-state index in [1.807, 2.05) is 0 Å². The monoisotopic (exact) mass is 207 g/mol. The van der Waals surface area contributed by atoms with Crippen LogP contribution in [0.2, 0.25) is 0 Å². The van der Waals surface area contributed by atoms with Crippen LogP contribution in [-0.4, -0.2) is 19.5 Å². The van der Waals surface area contributed by atoms with Crippen molar-refractivity contribution in [3.8, 4) is 5.75 Å². The van der Waals surface area contributed by atoms with Gasteiger partial charge >= 0.3 is 5.97 Å². The van der Waals surface area contributed by atoms with Crippen LogP contribution in [0, 0.1) is 0 Å². The first-order valence-corrected chi connectivity index (χ1v) is 4.35. The number of methoxy groups -OCH3 is 1. The van der Waals surface area contributed by atoms with E-state index in [2.05, 4.69) is 5.32 Å². The van der Waals surface area contributed by atoms with Crippen molar-refractivity contribution in [3.63, 3.8) is 0 Å². The number of ether oxygens (including phenoxy) is 2. The molecule has 15 heavy (non-hydrogen) atoms. The van der Waals surface area contributed by atoms with Gasteiger partial charge in [-0.1, -0.05) is 6.07 Å². The summed E-state index contributed by atoms with van der Waals surface area (Å²) >= 11 is 0. The van der Waals surface area contributed by atoms with Gasteiger partial charge in [-0.05, 0) is 12.1 Å². The summed E-state index contributed by atoms with van der Waals surface area (Å²) in [6.07, 6.45) is -0.263. The summed E-state index contributed by atoms with van der Waals surface area (Å²) in [6.45, 7) is 0. The van der Waals surface area contributed by atoms with E-state index in [9.17, 15) is 9.59 Å². The average Bonchev–Trinajstić information content (AvgIpc) is 2.57. The second kappa shape index (κ2) is 3.61. The summed E-state index contributed by atoms with van der Waals surface area (Å²) in [7, 11) is 1.50. The van der Waals surface area contributed by atoms with Crippen molar-refractivity contribution < 1.29 is 19.1 Å². The van der Waals surface area contributed by atoms with Crippen LogP contribution in [0.5, 0.6) is 5.75 Å². The molecule has 1 aromatic rings. The molecule has 1 aromatic carbocycles. The number of fused-ring (bicyclic) bond motifs is 1. The quantitative estimate of drug-likeness (QED) is 0.582. The Morgan fingerprint density at radius 1 is 1.53 bits per heavy atom. The number of hydrogen-bond donors (Lipinski definition) is 1. The minimum atomic E-state index is -0.749. The molecule has 1 amide bonds. The Kier molecular flexibility index (Phi) is 2.29. The van der Waals surface area contributed by atoms with Crippen molar-refractivity contribution in [1.29, 1.82) is 0 Å². The van der Waals surface area contributed by atoms with Crippen LogP contribution < -0.4 is 10.1 Å². The highest BCUT2D eigenvalue weighted by molar-refractivity contribution is 5.95. The molecule has 1 heterocycles. The van der Waals surface area contributed by atoms with E-state index in [1.165, 1.54) is 7.11 Å². The second-order valence-corrected chi connectivity index (χ2v) is 2.99. The molecule has 0 saturated heterocycles. The summed E-state index contributed by atoms with van der Waals surface area (Å²) in [4.78, 5) is 21.7. The molecule has 0 radical (unpaired) electrons. The maximum absolute atomic E-state index is 11.4. The summed E-state index contributed by atoms with van der Waals surface area (Å²) in [5.74, 6) is 0.0703. The fourth-order valence-electron chi connectivity index (χ4n) is 1.58. The van der Waals surface area contributed by atoms with Crippen molar-refractivity contribution in [2.45, 2.75) is 6.23 Å². The summed E-state index contributed by atoms with van der Waals surface area (Å²) in [6, 6.07) is 5.04. The van der Waals surface area contributed by atoms with Gasteiger partial charge in [0.25, 0.3) is 0 Å². The van der Waals surface area contributed by atoms with Crippen molar-refractivity contribution in [3.05, 3.63) is 29.3 Å². The van der Waals surface area contributed by atoms with E-state index in [-0.39, 0.29) is 0 Å². The normalized spacial score (nSPS) is 17.9. The molecule has 0 spiro atoms. The smallest absolute Gasteiger partial charge is 0.340 e. The Hall–Kier alpha value is -2.04. The predicted octanol–water partition coefficient (Wildman–Crippen LogP) is 0.610. The largest absolute Gasteiger partial charge is 0.496 e. The van der Waals surface area contributed by atoms with Crippen LogP contribution in [0.4, 0.5) is 0 Å². The van der Waals surface area contributed by atoms with Gasteiger partial charge in [-0.15, -0.1) is 0 Å². The van der Waals surface area contributed by atoms with Crippen LogP contribution >= 0.6 is 0 Å². The molecule has 1 aliphatic rings. The first kappa shape index (κ1) is 9.51. The van der Waals surface area contributed by atoms with Crippen molar-refractivity contribution in [2.24, 2.45) is 0 Å². The van der Waals surface area contributed by atoms with Crippen molar-refractivity contribution in [1.82, 2.24) is 5.32 Å². The lowest BCUT2D eigenvalue weighted by Gasteiger charge is -2.11. The van der Waals surface area contributed by atoms with Crippen molar-refractivity contribution in [2.75, 3.05) is 7.11 Å². The summed E-state index contributed by atoms with van der Waals surface area (Å²) in [5.41, 5.74) is 0.991. The number of cyclic esters (lactones) is 1. The number of rotatable bonds is 3. The topological polar surface area (TPSA) is 64.6 Å². The molecule has 0 aliphatic carbocycles. The fraction of sp³-hybridized carbons (Fsp3) is 0.200. The molecule has 0 aromatic heterocycles. The number of hydrogen-bond acceptors (Lipinski definition) is 4. The molecule has 1 unspecified atom stereocenters. The number of carbonyl (C=O) groups is 2. The highest BCUT2D eigenvalue weighted by Crippen LogP contribution is 2.35. The van der Waals surface area contributed by atoms with Gasteiger partial charge in [-0.2, -0.15) is 0 Å². The molecule has 5 nitrogen and oxygen atoms in total. The van der Waals surface area contributed by atoms with E-state index in [0.29, 0.717) is 23.3 Å². The SMILES string of the molecule is COc1cccc2c1C(NC=O)OC2=O. The minimum Gasteiger partial charge on any atom is -0.496 e. The van der Waals surface area contributed by atoms with Gasteiger partial charge in [0.1, 0.15) is 5.75 Å². The van der Waals surface area contributed by atoms with Gasteiger partial charge in [-0.25, -0.2) is 4.79 Å². The third kappa shape index (κ3) is 1.41. The maximum atomic E-state index is 11.4. The second-order valence-electron chi connectivity index (χ2n) is 2.99. The van der Waals surface area contributed by atoms with Crippen LogP contribution in [-0.2, 0) is 9.53 Å². The highest BCUT2D eigenvalue weighted by Gasteiger charge is 2.33. The van der Waals surface area contributed by atoms with Gasteiger partial charge in [-0.3, -0.25) is 4.79 Å². The lowest BCUT2D eigenvalue weighted by atomic mass is 10.1. The molecule has 1 N–H and O–H groups in total. The van der Waals surface area contributed by atoms with Gasteiger partial charge in [0.05, 0.1) is 18.2 Å². The van der Waals surface area contributed by atoms with Crippen LogP contribution in [0.15, 0.2) is 18.2 Å². The zero-order valence-electron chi connectivity index (χ0n) is 8.02. The number of esters is 1. The number of amides is 1. The Labute approximate surface area is 86.0 Å². The lowest BCUT2D eigenvalue weighted by Crippen LogP contribution is -2.19. The fourth-order valence-corrected chi connectivity index (χ4v) is 1.58. The zero-order chi connectivity index (χ0) is 10.8. The summed E-state index contributed by atoms with van der Waals surface area (Å²) < 4.78 is 10.0. The Balaban J connectivity index is 2.50. The van der Waals surface area contributed by atoms with E-state index in [1.54, 1.807) is 18.2 Å². The molecule has 2 rings (SSSR count). The van der Waals surface area contributed by atoms with E-state index < -0.39 is 12.2 Å². The van der Waals surface area contributed by atoms with E-state index >= 15 is 0 Å². The zero-order valence-corrected chi connectivity index (χ0v) is 8.02. The number of nitrogens with one attached hydrogen (secondary N) is 1. The first-order valence-electron chi connectivity index (χ1n) is 4.35. The third-order valence-electron chi connectivity index (χ3n) is 2.21. The van der Waals surface area contributed by atoms with Gasteiger partial charge in [0.2, 0.25) is 12.6 Å². The standard InChI is InChI=1S/C10H9NO4/c1-14-7-4-2-3-6-8(7)9(11-5-12)15-10(6)13/h2-5,9H,1H3,(H,11,12). The van der Waals surface area contributed by atoms with Gasteiger partial charge < -0.3 is 14.8 Å². The molecule has 1 atom stereocenters. The Bertz CT molecular complexity index is 416. The molecule has 78 valence electrons. The minimum absolute atomic E-state index is 0.425. The number of carbonyl (C=O) groups excluding carboxylic acids is 2. The van der Waals surface area contributed by atoms with Crippen molar-refractivity contribution >= 4 is 12.4 Å². The number of benzene rings is 1. The molecule has 1 aliphatic heterocycles. The molecule has 0 saturated carbocycles. The molecular weight excluding hydrogens is 198 g/mol. The Morgan fingerprint density at radius 2 is 2.33 bits per heavy atom. The van der Waals surface area contributed by atoms with Crippen LogP contribution in [0.1, 0.15) is 22.1 Å². The lowest BCUT2D eigenvalue weighted by molar-refractivity contribution is -0.112. The van der Waals surface area contributed by atoms with Gasteiger partial charge in [0, 0.05) is 0 Å². The van der Waals surface area contributed by atoms with Crippen LogP contribution in [0.25, 0.3) is 0 Å². The predicted molar refractivity (Wildman–Crippen MR) is 50.4 cm³/mol. The van der Waals surface area contributed by atoms with Gasteiger partial charge in [0.15, 0.2) is 0 Å². The summed E-state index contributed by atoms with van der Waals surface area (Å²) in [5, 5.41) is 2.40. The highest BCUT2D eigenvalue weighted by atomic mass is 16.6. The first-order chi connectivity index (χ1) is 7.27. The van der Waals surface area contributed by atoms with E-state index in [0.717, 1.165) is 0 Å². The Morgan fingerprint density at radius 3 is 3.00 bits per heavy atom. The molecular formula is C10H9NO4. The maximum Gasteiger partial charge on any atom is 0.340 e. The molecule has 0 fully saturated rings. The molecule has 0 bridgehead atoms. The molecule has 5 heteroatoms.